The van der Waals surface area contributed by atoms with E-state index in [2.05, 4.69) is 0 Å². The summed E-state index contributed by atoms with van der Waals surface area (Å²) >= 11 is 1.52. The number of methoxy groups -OCH3 is 1. The van der Waals surface area contributed by atoms with Crippen LogP contribution in [0.4, 0.5) is 0 Å². The molecule has 9 atom stereocenters. The van der Waals surface area contributed by atoms with Crippen molar-refractivity contribution in [2.45, 2.75) is 75.1 Å². The molecule has 0 N–H and O–H groups in total. The van der Waals surface area contributed by atoms with Gasteiger partial charge >= 0.3 is 23.9 Å². The van der Waals surface area contributed by atoms with Gasteiger partial charge in [0.1, 0.15) is 28.5 Å². The fourth-order valence-corrected chi connectivity index (χ4v) is 10.6. The number of carbonyl (C=O) groups excluding carboxylic acids is 5. The maximum Gasteiger partial charge on any atom is 0.316 e. The first-order chi connectivity index (χ1) is 19.0. The summed E-state index contributed by atoms with van der Waals surface area (Å²) in [5, 5.41) is 0. The Balaban J connectivity index is 1.49. The highest BCUT2D eigenvalue weighted by molar-refractivity contribution is 7.99. The normalized spacial score (nSPS) is 42.5. The van der Waals surface area contributed by atoms with Crippen LogP contribution in [-0.2, 0) is 42.9 Å². The molecule has 5 aliphatic rings. The van der Waals surface area contributed by atoms with E-state index in [-0.39, 0.29) is 12.2 Å². The highest BCUT2D eigenvalue weighted by atomic mass is 32.2. The number of esters is 4. The minimum absolute atomic E-state index is 0.131. The molecule has 0 aromatic heterocycles. The van der Waals surface area contributed by atoms with Gasteiger partial charge in [-0.3, -0.25) is 24.0 Å². The number of Topliss-reactive ketones (excluding diaryl/α,β-unsaturated/α-hetero) is 1. The van der Waals surface area contributed by atoms with E-state index in [0.717, 1.165) is 4.90 Å². The van der Waals surface area contributed by atoms with Crippen LogP contribution in [0.3, 0.4) is 0 Å². The Morgan fingerprint density at radius 3 is 2.42 bits per heavy atom. The first-order valence-electron chi connectivity index (χ1n) is 13.9. The Morgan fingerprint density at radius 2 is 1.77 bits per heavy atom. The van der Waals surface area contributed by atoms with Crippen LogP contribution < -0.4 is 0 Å². The zero-order valence-corrected chi connectivity index (χ0v) is 23.9. The number of ketones is 1. The van der Waals surface area contributed by atoms with Crippen LogP contribution in [0.2, 0.25) is 0 Å². The Kier molecular flexibility index (Phi) is 6.18. The molecule has 1 heterocycles. The van der Waals surface area contributed by atoms with Crippen LogP contribution in [0.1, 0.15) is 52.9 Å². The van der Waals surface area contributed by atoms with Crippen LogP contribution >= 0.6 is 11.8 Å². The molecule has 4 saturated carbocycles. The second-order valence-corrected chi connectivity index (χ2v) is 13.3. The van der Waals surface area contributed by atoms with Gasteiger partial charge in [0.2, 0.25) is 0 Å². The van der Waals surface area contributed by atoms with Crippen LogP contribution in [0.25, 0.3) is 0 Å². The van der Waals surface area contributed by atoms with Gasteiger partial charge in [-0.25, -0.2) is 0 Å². The zero-order valence-electron chi connectivity index (χ0n) is 23.1. The lowest BCUT2D eigenvalue weighted by Crippen LogP contribution is -2.54. The molecule has 6 rings (SSSR count). The molecule has 1 aliphatic heterocycles. The molecule has 4 bridgehead atoms. The van der Waals surface area contributed by atoms with E-state index in [0.29, 0.717) is 31.4 Å². The summed E-state index contributed by atoms with van der Waals surface area (Å²) in [4.78, 5) is 67.7. The van der Waals surface area contributed by atoms with Gasteiger partial charge in [-0.05, 0) is 44.7 Å². The minimum Gasteiger partial charge on any atom is -0.469 e. The summed E-state index contributed by atoms with van der Waals surface area (Å²) in [6.45, 7) is 4.33. The van der Waals surface area contributed by atoms with Gasteiger partial charge in [0.15, 0.2) is 0 Å². The average Bonchev–Trinajstić information content (AvgIpc) is 3.33. The van der Waals surface area contributed by atoms with E-state index in [4.69, 9.17) is 18.9 Å². The maximum absolute atomic E-state index is 14.9. The SMILES string of the molecule is COC(=O)[C@H]1[C@H]2[C@@]3(CC[C@H](OC(C)=O)[C@@]2(C)C(=O)O3)[C@@H]2CC[C@]3(OC(C)=O)C[C@]12C(=O)C3CSc1ccccc1. The van der Waals surface area contributed by atoms with Gasteiger partial charge in [0.25, 0.3) is 0 Å². The van der Waals surface area contributed by atoms with Crippen LogP contribution in [0.15, 0.2) is 35.2 Å². The molecular weight excluding hydrogens is 536 g/mol. The Bertz CT molecular complexity index is 1300. The number of hydrogen-bond acceptors (Lipinski definition) is 10. The van der Waals surface area contributed by atoms with Crippen molar-refractivity contribution in [3.05, 3.63) is 30.3 Å². The third-order valence-corrected chi connectivity index (χ3v) is 11.7. The predicted molar refractivity (Wildman–Crippen MR) is 141 cm³/mol. The highest BCUT2D eigenvalue weighted by Crippen LogP contribution is 2.78. The number of carbonyl (C=O) groups is 5. The van der Waals surface area contributed by atoms with Gasteiger partial charge < -0.3 is 18.9 Å². The van der Waals surface area contributed by atoms with Gasteiger partial charge in [0, 0.05) is 42.8 Å². The van der Waals surface area contributed by atoms with E-state index in [1.54, 1.807) is 6.92 Å². The van der Waals surface area contributed by atoms with E-state index < -0.39 is 75.7 Å². The van der Waals surface area contributed by atoms with Crippen LogP contribution in [0, 0.1) is 34.5 Å². The molecule has 0 radical (unpaired) electrons. The number of fused-ring (bicyclic) bond motifs is 1. The van der Waals surface area contributed by atoms with E-state index >= 15 is 0 Å². The van der Waals surface area contributed by atoms with E-state index in [1.807, 2.05) is 30.3 Å². The predicted octanol–water partition coefficient (Wildman–Crippen LogP) is 3.51. The fourth-order valence-electron chi connectivity index (χ4n) is 9.42. The lowest BCUT2D eigenvalue weighted by atomic mass is 9.58. The molecule has 5 fully saturated rings. The van der Waals surface area contributed by atoms with Crippen molar-refractivity contribution in [2.75, 3.05) is 12.9 Å². The molecule has 9 nitrogen and oxygen atoms in total. The third-order valence-electron chi connectivity index (χ3n) is 10.6. The Morgan fingerprint density at radius 1 is 1.05 bits per heavy atom. The van der Waals surface area contributed by atoms with E-state index in [1.165, 1.54) is 32.7 Å². The number of hydrogen-bond donors (Lipinski definition) is 0. The third kappa shape index (κ3) is 3.37. The lowest BCUT2D eigenvalue weighted by Gasteiger charge is -2.46. The molecule has 40 heavy (non-hydrogen) atoms. The van der Waals surface area contributed by atoms with Gasteiger partial charge in [0.05, 0.1) is 24.4 Å². The summed E-state index contributed by atoms with van der Waals surface area (Å²) in [5.74, 6) is -4.68. The molecule has 1 aromatic rings. The van der Waals surface area contributed by atoms with Crippen LogP contribution in [0.5, 0.6) is 0 Å². The first kappa shape index (κ1) is 27.3. The number of benzene rings is 1. The fraction of sp³-hybridized carbons (Fsp3) is 0.633. The quantitative estimate of drug-likeness (QED) is 0.285. The second kappa shape index (κ2) is 9.06. The molecule has 1 spiro atoms. The Labute approximate surface area is 237 Å². The van der Waals surface area contributed by atoms with Crippen molar-refractivity contribution in [2.24, 2.45) is 34.5 Å². The molecular formula is C30H34O9S. The van der Waals surface area contributed by atoms with Crippen LogP contribution in [-0.4, -0.2) is 59.8 Å². The Hall–Kier alpha value is -2.88. The standard InChI is InChI=1S/C30H34O9S/c1-16(31)37-21-11-13-30-20-10-12-28(38-17(2)32)15-29(20,24(33)19(28)14-40-18-8-6-5-7-9-18)22(25(34)36-4)23(30)27(21,3)26(35)39-30/h5-9,19-23H,10-15H2,1-4H3/t19?,20-,21+,22-,23-,27-,28+,29-,30-/m1/s1. The molecule has 0 amide bonds. The minimum atomic E-state index is -1.32. The number of thioether (sulfide) groups is 1. The number of ether oxygens (including phenoxy) is 4. The summed E-state index contributed by atoms with van der Waals surface area (Å²) in [6, 6.07) is 9.69. The van der Waals surface area contributed by atoms with Gasteiger partial charge in [-0.2, -0.15) is 0 Å². The molecule has 1 unspecified atom stereocenters. The summed E-state index contributed by atoms with van der Waals surface area (Å²) in [5.41, 5.74) is -4.70. The van der Waals surface area contributed by atoms with Crippen molar-refractivity contribution < 1.29 is 42.9 Å². The zero-order chi connectivity index (χ0) is 28.7. The molecule has 10 heteroatoms. The summed E-state index contributed by atoms with van der Waals surface area (Å²) in [6.07, 6.45) is 1.02. The average molecular weight is 571 g/mol. The molecule has 214 valence electrons. The maximum atomic E-state index is 14.9. The first-order valence-corrected chi connectivity index (χ1v) is 14.8. The topological polar surface area (TPSA) is 122 Å². The lowest BCUT2D eigenvalue weighted by molar-refractivity contribution is -0.175. The van der Waals surface area contributed by atoms with Crippen molar-refractivity contribution in [3.8, 4) is 0 Å². The largest absolute Gasteiger partial charge is 0.469 e. The van der Waals surface area contributed by atoms with E-state index in [9.17, 15) is 24.0 Å². The summed E-state index contributed by atoms with van der Waals surface area (Å²) < 4.78 is 23.3. The molecule has 4 aliphatic carbocycles. The van der Waals surface area contributed by atoms with Gasteiger partial charge in [-0.15, -0.1) is 11.8 Å². The summed E-state index contributed by atoms with van der Waals surface area (Å²) in [7, 11) is 1.28. The van der Waals surface area contributed by atoms with Crippen molar-refractivity contribution >= 4 is 41.4 Å². The van der Waals surface area contributed by atoms with Crippen molar-refractivity contribution in [1.29, 1.82) is 0 Å². The molecule has 1 aromatic carbocycles. The van der Waals surface area contributed by atoms with Crippen molar-refractivity contribution in [1.82, 2.24) is 0 Å². The monoisotopic (exact) mass is 570 g/mol. The number of rotatable bonds is 6. The van der Waals surface area contributed by atoms with Gasteiger partial charge in [-0.1, -0.05) is 18.2 Å². The molecule has 1 saturated heterocycles. The smallest absolute Gasteiger partial charge is 0.316 e. The second-order valence-electron chi connectivity index (χ2n) is 12.3. The highest BCUT2D eigenvalue weighted by Gasteiger charge is 2.88. The van der Waals surface area contributed by atoms with Crippen molar-refractivity contribution in [3.63, 3.8) is 0 Å².